The smallest absolute Gasteiger partial charge is 0.115 e. The lowest BCUT2D eigenvalue weighted by molar-refractivity contribution is 0.473. The van der Waals surface area contributed by atoms with E-state index in [2.05, 4.69) is 17.3 Å². The van der Waals surface area contributed by atoms with Crippen LogP contribution in [-0.2, 0) is 6.54 Å². The number of aromatic nitrogens is 2. The normalized spacial score (nSPS) is 12.5. The van der Waals surface area contributed by atoms with E-state index in [9.17, 15) is 5.11 Å². The van der Waals surface area contributed by atoms with Crippen LogP contribution in [0.2, 0.25) is 0 Å². The molecular formula is C14H19N3O. The topological polar surface area (TPSA) is 50.1 Å². The van der Waals surface area contributed by atoms with Gasteiger partial charge in [-0.25, -0.2) is 0 Å². The van der Waals surface area contributed by atoms with E-state index in [0.717, 1.165) is 19.5 Å². The summed E-state index contributed by atoms with van der Waals surface area (Å²) >= 11 is 0. The summed E-state index contributed by atoms with van der Waals surface area (Å²) in [6.07, 6.45) is 4.82. The van der Waals surface area contributed by atoms with Crippen molar-refractivity contribution in [1.82, 2.24) is 15.1 Å². The number of phenolic OH excluding ortho intramolecular Hbond substituents is 1. The van der Waals surface area contributed by atoms with Crippen LogP contribution in [0.15, 0.2) is 42.7 Å². The van der Waals surface area contributed by atoms with E-state index in [1.54, 1.807) is 18.3 Å². The van der Waals surface area contributed by atoms with Crippen molar-refractivity contribution in [2.45, 2.75) is 25.9 Å². The van der Waals surface area contributed by atoms with E-state index in [0.29, 0.717) is 11.8 Å². The monoisotopic (exact) mass is 245 g/mol. The van der Waals surface area contributed by atoms with Crippen LogP contribution in [0.5, 0.6) is 5.75 Å². The summed E-state index contributed by atoms with van der Waals surface area (Å²) < 4.78 is 1.94. The van der Waals surface area contributed by atoms with Crippen molar-refractivity contribution in [3.05, 3.63) is 48.3 Å². The molecule has 0 amide bonds. The Balaban J connectivity index is 1.71. The zero-order valence-electron chi connectivity index (χ0n) is 10.6. The highest BCUT2D eigenvalue weighted by molar-refractivity contribution is 5.27. The average molecular weight is 245 g/mol. The first kappa shape index (κ1) is 12.6. The molecule has 0 saturated carbocycles. The summed E-state index contributed by atoms with van der Waals surface area (Å²) in [4.78, 5) is 0. The standard InChI is InChI=1S/C14H19N3O/c1-12(13-4-6-14(18)7-5-13)15-8-2-10-17-11-3-9-16-17/h3-7,9,11-12,15,18H,2,8,10H2,1H3. The number of nitrogens with one attached hydrogen (secondary N) is 1. The maximum atomic E-state index is 9.23. The molecular weight excluding hydrogens is 226 g/mol. The van der Waals surface area contributed by atoms with Gasteiger partial charge in [0.2, 0.25) is 0 Å². The Kier molecular flexibility index (Phi) is 4.36. The van der Waals surface area contributed by atoms with Crippen molar-refractivity contribution in [3.8, 4) is 5.75 Å². The van der Waals surface area contributed by atoms with Crippen LogP contribution in [-0.4, -0.2) is 21.4 Å². The first-order chi connectivity index (χ1) is 8.75. The van der Waals surface area contributed by atoms with Gasteiger partial charge in [0.05, 0.1) is 0 Å². The molecule has 1 unspecified atom stereocenters. The fourth-order valence-corrected chi connectivity index (χ4v) is 1.87. The first-order valence-corrected chi connectivity index (χ1v) is 6.25. The van der Waals surface area contributed by atoms with E-state index in [1.165, 1.54) is 5.56 Å². The maximum Gasteiger partial charge on any atom is 0.115 e. The van der Waals surface area contributed by atoms with Crippen molar-refractivity contribution < 1.29 is 5.11 Å². The van der Waals surface area contributed by atoms with Gasteiger partial charge in [0, 0.05) is 25.0 Å². The zero-order chi connectivity index (χ0) is 12.8. The SMILES string of the molecule is CC(NCCCn1cccn1)c1ccc(O)cc1. The Hall–Kier alpha value is -1.81. The third-order valence-electron chi connectivity index (χ3n) is 2.97. The van der Waals surface area contributed by atoms with Gasteiger partial charge in [0.15, 0.2) is 0 Å². The number of rotatable bonds is 6. The summed E-state index contributed by atoms with van der Waals surface area (Å²) in [6, 6.07) is 9.56. The van der Waals surface area contributed by atoms with Gasteiger partial charge in [-0.05, 0) is 43.7 Å². The van der Waals surface area contributed by atoms with Gasteiger partial charge < -0.3 is 10.4 Å². The summed E-state index contributed by atoms with van der Waals surface area (Å²) in [5.74, 6) is 0.310. The molecule has 2 N–H and O–H groups in total. The van der Waals surface area contributed by atoms with Gasteiger partial charge in [-0.1, -0.05) is 12.1 Å². The molecule has 96 valence electrons. The van der Waals surface area contributed by atoms with Crippen LogP contribution >= 0.6 is 0 Å². The molecule has 0 saturated heterocycles. The van der Waals surface area contributed by atoms with Gasteiger partial charge in [0.25, 0.3) is 0 Å². The zero-order valence-corrected chi connectivity index (χ0v) is 10.6. The quantitative estimate of drug-likeness (QED) is 0.768. The second-order valence-corrected chi connectivity index (χ2v) is 4.39. The second-order valence-electron chi connectivity index (χ2n) is 4.39. The van der Waals surface area contributed by atoms with Crippen molar-refractivity contribution in [2.24, 2.45) is 0 Å². The Morgan fingerprint density at radius 2 is 2.11 bits per heavy atom. The number of aromatic hydroxyl groups is 1. The molecule has 1 heterocycles. The lowest BCUT2D eigenvalue weighted by Crippen LogP contribution is -2.21. The van der Waals surface area contributed by atoms with Crippen LogP contribution < -0.4 is 5.32 Å². The number of hydrogen-bond acceptors (Lipinski definition) is 3. The van der Waals surface area contributed by atoms with Crippen molar-refractivity contribution in [2.75, 3.05) is 6.54 Å². The molecule has 0 aliphatic carbocycles. The molecule has 2 rings (SSSR count). The molecule has 1 atom stereocenters. The number of nitrogens with zero attached hydrogens (tertiary/aromatic N) is 2. The van der Waals surface area contributed by atoms with Crippen LogP contribution in [0.1, 0.15) is 24.9 Å². The minimum absolute atomic E-state index is 0.295. The van der Waals surface area contributed by atoms with Gasteiger partial charge in [-0.2, -0.15) is 5.10 Å². The highest BCUT2D eigenvalue weighted by Crippen LogP contribution is 2.16. The molecule has 0 bridgehead atoms. The summed E-state index contributed by atoms with van der Waals surface area (Å²) in [6.45, 7) is 4.00. The number of aryl methyl sites for hydroxylation is 1. The number of hydrogen-bond donors (Lipinski definition) is 2. The third kappa shape index (κ3) is 3.60. The lowest BCUT2D eigenvalue weighted by atomic mass is 10.1. The van der Waals surface area contributed by atoms with E-state index in [1.807, 2.05) is 29.1 Å². The first-order valence-electron chi connectivity index (χ1n) is 6.25. The number of phenols is 1. The lowest BCUT2D eigenvalue weighted by Gasteiger charge is -2.14. The molecule has 0 radical (unpaired) electrons. The highest BCUT2D eigenvalue weighted by Gasteiger charge is 2.03. The Labute approximate surface area is 107 Å². The molecule has 0 fully saturated rings. The molecule has 1 aromatic heterocycles. The largest absolute Gasteiger partial charge is 0.508 e. The van der Waals surface area contributed by atoms with Gasteiger partial charge >= 0.3 is 0 Å². The van der Waals surface area contributed by atoms with Crippen molar-refractivity contribution in [3.63, 3.8) is 0 Å². The molecule has 2 aromatic rings. The Bertz CT molecular complexity index is 450. The maximum absolute atomic E-state index is 9.23. The van der Waals surface area contributed by atoms with Crippen LogP contribution in [0.4, 0.5) is 0 Å². The molecule has 4 nitrogen and oxygen atoms in total. The Morgan fingerprint density at radius 1 is 1.33 bits per heavy atom. The summed E-state index contributed by atoms with van der Waals surface area (Å²) in [5, 5.41) is 16.8. The molecule has 4 heteroatoms. The average Bonchev–Trinajstić information content (AvgIpc) is 2.88. The Morgan fingerprint density at radius 3 is 2.78 bits per heavy atom. The van der Waals surface area contributed by atoms with Gasteiger partial charge in [0.1, 0.15) is 5.75 Å². The molecule has 1 aromatic carbocycles. The van der Waals surface area contributed by atoms with Crippen LogP contribution in [0, 0.1) is 0 Å². The summed E-state index contributed by atoms with van der Waals surface area (Å²) in [7, 11) is 0. The highest BCUT2D eigenvalue weighted by atomic mass is 16.3. The van der Waals surface area contributed by atoms with E-state index in [4.69, 9.17) is 0 Å². The van der Waals surface area contributed by atoms with E-state index >= 15 is 0 Å². The van der Waals surface area contributed by atoms with Crippen molar-refractivity contribution in [1.29, 1.82) is 0 Å². The molecule has 0 aliphatic heterocycles. The predicted molar refractivity (Wildman–Crippen MR) is 71.4 cm³/mol. The van der Waals surface area contributed by atoms with E-state index < -0.39 is 0 Å². The van der Waals surface area contributed by atoms with Crippen molar-refractivity contribution >= 4 is 0 Å². The van der Waals surface area contributed by atoms with Crippen LogP contribution in [0.25, 0.3) is 0 Å². The van der Waals surface area contributed by atoms with Gasteiger partial charge in [-0.15, -0.1) is 0 Å². The summed E-state index contributed by atoms with van der Waals surface area (Å²) in [5.41, 5.74) is 1.19. The molecule has 0 spiro atoms. The minimum Gasteiger partial charge on any atom is -0.508 e. The fraction of sp³-hybridized carbons (Fsp3) is 0.357. The molecule has 0 aliphatic rings. The fourth-order valence-electron chi connectivity index (χ4n) is 1.87. The van der Waals surface area contributed by atoms with Crippen LogP contribution in [0.3, 0.4) is 0 Å². The predicted octanol–water partition coefficient (Wildman–Crippen LogP) is 2.33. The van der Waals surface area contributed by atoms with E-state index in [-0.39, 0.29) is 0 Å². The number of benzene rings is 1. The second kappa shape index (κ2) is 6.21. The minimum atomic E-state index is 0.295. The van der Waals surface area contributed by atoms with Gasteiger partial charge in [-0.3, -0.25) is 4.68 Å². The molecule has 18 heavy (non-hydrogen) atoms. The third-order valence-corrected chi connectivity index (χ3v) is 2.97.